The second kappa shape index (κ2) is 6.34. The van der Waals surface area contributed by atoms with E-state index < -0.39 is 0 Å². The number of thioether (sulfide) groups is 1. The number of nitriles is 1. The van der Waals surface area contributed by atoms with Gasteiger partial charge in [-0.2, -0.15) is 5.26 Å². The average molecular weight is 276 g/mol. The molecule has 0 amide bonds. The fourth-order valence-electron chi connectivity index (χ4n) is 1.61. The van der Waals surface area contributed by atoms with E-state index in [2.05, 4.69) is 16.3 Å². The van der Waals surface area contributed by atoms with E-state index in [1.807, 2.05) is 11.6 Å². The molecule has 0 N–H and O–H groups in total. The number of hydrogen-bond donors (Lipinski definition) is 0. The summed E-state index contributed by atoms with van der Waals surface area (Å²) in [5, 5.41) is 17.5. The van der Waals surface area contributed by atoms with E-state index in [-0.39, 0.29) is 5.82 Å². The Kier molecular flexibility index (Phi) is 4.53. The molecule has 0 saturated carbocycles. The standard InChI is InChI=1S/C13H13FN4S/c1-18-12(10-4-6-11(14)7-5-10)16-17-13(18)19-9-3-2-8-15/h4-7H,2-3,9H2,1H3. The van der Waals surface area contributed by atoms with E-state index in [4.69, 9.17) is 5.26 Å². The van der Waals surface area contributed by atoms with Gasteiger partial charge in [-0.05, 0) is 30.7 Å². The lowest BCUT2D eigenvalue weighted by atomic mass is 10.2. The largest absolute Gasteiger partial charge is 0.305 e. The van der Waals surface area contributed by atoms with Crippen molar-refractivity contribution in [2.45, 2.75) is 18.0 Å². The van der Waals surface area contributed by atoms with Crippen molar-refractivity contribution in [3.63, 3.8) is 0 Å². The van der Waals surface area contributed by atoms with Crippen molar-refractivity contribution in [1.82, 2.24) is 14.8 Å². The molecular formula is C13H13FN4S. The summed E-state index contributed by atoms with van der Waals surface area (Å²) in [6.45, 7) is 0. The van der Waals surface area contributed by atoms with Crippen LogP contribution in [0.25, 0.3) is 11.4 Å². The summed E-state index contributed by atoms with van der Waals surface area (Å²) in [5.41, 5.74) is 0.834. The predicted molar refractivity (Wildman–Crippen MR) is 72.0 cm³/mol. The van der Waals surface area contributed by atoms with Crippen LogP contribution >= 0.6 is 11.8 Å². The minimum Gasteiger partial charge on any atom is -0.305 e. The van der Waals surface area contributed by atoms with Crippen molar-refractivity contribution in [2.75, 3.05) is 5.75 Å². The number of nitrogens with zero attached hydrogens (tertiary/aromatic N) is 4. The van der Waals surface area contributed by atoms with Crippen LogP contribution < -0.4 is 0 Å². The first-order valence-electron chi connectivity index (χ1n) is 5.87. The molecule has 1 aromatic carbocycles. The maximum atomic E-state index is 12.9. The number of benzene rings is 1. The van der Waals surface area contributed by atoms with Crippen molar-refractivity contribution in [3.05, 3.63) is 30.1 Å². The van der Waals surface area contributed by atoms with Crippen LogP contribution in [0.5, 0.6) is 0 Å². The molecule has 0 unspecified atom stereocenters. The molecule has 0 spiro atoms. The molecule has 0 aliphatic heterocycles. The van der Waals surface area contributed by atoms with Gasteiger partial charge in [0.15, 0.2) is 11.0 Å². The van der Waals surface area contributed by atoms with Crippen molar-refractivity contribution < 1.29 is 4.39 Å². The molecule has 0 fully saturated rings. The van der Waals surface area contributed by atoms with Gasteiger partial charge in [-0.1, -0.05) is 11.8 Å². The molecular weight excluding hydrogens is 263 g/mol. The fraction of sp³-hybridized carbons (Fsp3) is 0.308. The Morgan fingerprint density at radius 1 is 1.32 bits per heavy atom. The van der Waals surface area contributed by atoms with Crippen molar-refractivity contribution in [1.29, 1.82) is 5.26 Å². The highest BCUT2D eigenvalue weighted by molar-refractivity contribution is 7.99. The van der Waals surface area contributed by atoms with E-state index in [0.29, 0.717) is 12.2 Å². The Morgan fingerprint density at radius 2 is 2.05 bits per heavy atom. The summed E-state index contributed by atoms with van der Waals surface area (Å²) in [5.74, 6) is 1.28. The first-order chi connectivity index (χ1) is 9.22. The summed E-state index contributed by atoms with van der Waals surface area (Å²) in [6, 6.07) is 8.29. The van der Waals surface area contributed by atoms with Gasteiger partial charge in [0, 0.05) is 24.8 Å². The molecule has 19 heavy (non-hydrogen) atoms. The molecule has 4 nitrogen and oxygen atoms in total. The van der Waals surface area contributed by atoms with Crippen molar-refractivity contribution in [3.8, 4) is 17.5 Å². The van der Waals surface area contributed by atoms with Crippen LogP contribution in [0.2, 0.25) is 0 Å². The molecule has 0 aliphatic carbocycles. The van der Waals surface area contributed by atoms with Crippen LogP contribution in [0.15, 0.2) is 29.4 Å². The monoisotopic (exact) mass is 276 g/mol. The van der Waals surface area contributed by atoms with E-state index >= 15 is 0 Å². The van der Waals surface area contributed by atoms with Crippen LogP contribution in [-0.2, 0) is 7.05 Å². The van der Waals surface area contributed by atoms with Crippen LogP contribution in [0.1, 0.15) is 12.8 Å². The van der Waals surface area contributed by atoms with Gasteiger partial charge >= 0.3 is 0 Å². The molecule has 0 atom stereocenters. The molecule has 98 valence electrons. The molecule has 6 heteroatoms. The zero-order chi connectivity index (χ0) is 13.7. The highest BCUT2D eigenvalue weighted by atomic mass is 32.2. The number of unbranched alkanes of at least 4 members (excludes halogenated alkanes) is 1. The molecule has 2 rings (SSSR count). The molecule has 0 aliphatic rings. The Morgan fingerprint density at radius 3 is 2.74 bits per heavy atom. The lowest BCUT2D eigenvalue weighted by molar-refractivity contribution is 0.628. The third-order valence-electron chi connectivity index (χ3n) is 2.60. The van der Waals surface area contributed by atoms with E-state index in [1.54, 1.807) is 23.9 Å². The van der Waals surface area contributed by atoms with Gasteiger partial charge in [-0.25, -0.2) is 4.39 Å². The Bertz CT molecular complexity index is 586. The van der Waals surface area contributed by atoms with Crippen molar-refractivity contribution >= 4 is 11.8 Å². The van der Waals surface area contributed by atoms with E-state index in [9.17, 15) is 4.39 Å². The zero-order valence-electron chi connectivity index (χ0n) is 10.5. The molecule has 0 bridgehead atoms. The second-order valence-electron chi connectivity index (χ2n) is 3.98. The van der Waals surface area contributed by atoms with Crippen LogP contribution in [-0.4, -0.2) is 20.5 Å². The first kappa shape index (κ1) is 13.6. The molecule has 1 aromatic heterocycles. The lowest BCUT2D eigenvalue weighted by Gasteiger charge is -2.03. The number of halogens is 1. The highest BCUT2D eigenvalue weighted by Crippen LogP contribution is 2.23. The first-order valence-corrected chi connectivity index (χ1v) is 6.86. The highest BCUT2D eigenvalue weighted by Gasteiger charge is 2.10. The van der Waals surface area contributed by atoms with Gasteiger partial charge in [0.25, 0.3) is 0 Å². The number of rotatable bonds is 5. The molecule has 1 heterocycles. The third kappa shape index (κ3) is 3.32. The van der Waals surface area contributed by atoms with Crippen molar-refractivity contribution in [2.24, 2.45) is 7.05 Å². The lowest BCUT2D eigenvalue weighted by Crippen LogP contribution is -1.95. The quantitative estimate of drug-likeness (QED) is 0.622. The topological polar surface area (TPSA) is 54.5 Å². The smallest absolute Gasteiger partial charge is 0.191 e. The fourth-order valence-corrected chi connectivity index (χ4v) is 2.46. The van der Waals surface area contributed by atoms with Gasteiger partial charge in [-0.15, -0.1) is 10.2 Å². The summed E-state index contributed by atoms with van der Waals surface area (Å²) in [6.07, 6.45) is 1.38. The Balaban J connectivity index is 2.10. The maximum absolute atomic E-state index is 12.9. The SMILES string of the molecule is Cn1c(SCCCC#N)nnc1-c1ccc(F)cc1. The normalized spacial score (nSPS) is 10.4. The predicted octanol–water partition coefficient (Wildman–Crippen LogP) is 3.02. The molecule has 2 aromatic rings. The summed E-state index contributed by atoms with van der Waals surface area (Å²) >= 11 is 1.57. The van der Waals surface area contributed by atoms with Crippen LogP contribution in [0.3, 0.4) is 0 Å². The summed E-state index contributed by atoms with van der Waals surface area (Å²) in [4.78, 5) is 0. The van der Waals surface area contributed by atoms with Gasteiger partial charge in [-0.3, -0.25) is 0 Å². The minimum atomic E-state index is -0.267. The van der Waals surface area contributed by atoms with E-state index in [1.165, 1.54) is 12.1 Å². The summed E-state index contributed by atoms with van der Waals surface area (Å²) in [7, 11) is 1.88. The summed E-state index contributed by atoms with van der Waals surface area (Å²) < 4.78 is 14.8. The zero-order valence-corrected chi connectivity index (χ0v) is 11.3. The maximum Gasteiger partial charge on any atom is 0.191 e. The Hall–Kier alpha value is -1.87. The van der Waals surface area contributed by atoms with Gasteiger partial charge in [0.2, 0.25) is 0 Å². The van der Waals surface area contributed by atoms with Gasteiger partial charge < -0.3 is 4.57 Å². The average Bonchev–Trinajstić information content (AvgIpc) is 2.77. The Labute approximate surface area is 115 Å². The van der Waals surface area contributed by atoms with Gasteiger partial charge in [0.05, 0.1) is 6.07 Å². The van der Waals surface area contributed by atoms with Crippen LogP contribution in [0.4, 0.5) is 4.39 Å². The molecule has 0 saturated heterocycles. The minimum absolute atomic E-state index is 0.267. The van der Waals surface area contributed by atoms with Gasteiger partial charge in [0.1, 0.15) is 5.82 Å². The third-order valence-corrected chi connectivity index (χ3v) is 3.71. The molecule has 0 radical (unpaired) electrons. The number of hydrogen-bond acceptors (Lipinski definition) is 4. The second-order valence-corrected chi connectivity index (χ2v) is 5.04. The van der Waals surface area contributed by atoms with Crippen LogP contribution in [0, 0.1) is 17.1 Å². The van der Waals surface area contributed by atoms with E-state index in [0.717, 1.165) is 22.9 Å². The number of aromatic nitrogens is 3.